The maximum Gasteiger partial charge on any atom is 0.238 e. The minimum atomic E-state index is -3.79. The average molecular weight is 303 g/mol. The predicted molar refractivity (Wildman–Crippen MR) is 77.8 cm³/mol. The van der Waals surface area contributed by atoms with Crippen molar-refractivity contribution in [1.29, 1.82) is 0 Å². The summed E-state index contributed by atoms with van der Waals surface area (Å²) in [5, 5.41) is 18.1. The van der Waals surface area contributed by atoms with Gasteiger partial charge in [-0.25, -0.2) is 13.6 Å². The van der Waals surface area contributed by atoms with E-state index >= 15 is 0 Å². The molecule has 0 saturated heterocycles. The monoisotopic (exact) mass is 303 g/mol. The first kappa shape index (κ1) is 16.7. The van der Waals surface area contributed by atoms with E-state index in [1.54, 1.807) is 14.0 Å². The largest absolute Gasteiger partial charge is 0.397 e. The van der Waals surface area contributed by atoms with Gasteiger partial charge in [-0.05, 0) is 25.1 Å². The number of primary sulfonamides is 1. The fraction of sp³-hybridized carbons (Fsp3) is 0.500. The summed E-state index contributed by atoms with van der Waals surface area (Å²) in [5.41, 5.74) is 5.54. The lowest BCUT2D eigenvalue weighted by Gasteiger charge is -2.24. The first-order valence-corrected chi connectivity index (χ1v) is 7.58. The number of sulfonamides is 1. The molecule has 1 rings (SSSR count). The third-order valence-corrected chi connectivity index (χ3v) is 3.77. The molecule has 6 N–H and O–H groups in total. The van der Waals surface area contributed by atoms with Crippen LogP contribution in [0.25, 0.3) is 0 Å². The molecule has 0 aliphatic carbocycles. The van der Waals surface area contributed by atoms with Crippen molar-refractivity contribution in [3.8, 4) is 0 Å². The summed E-state index contributed by atoms with van der Waals surface area (Å²) < 4.78 is 27.5. The molecule has 1 unspecified atom stereocenters. The number of hydrogen-bond acceptors (Lipinski definition) is 6. The molecule has 7 nitrogen and oxygen atoms in total. The van der Waals surface area contributed by atoms with Crippen molar-refractivity contribution in [2.45, 2.75) is 23.8 Å². The van der Waals surface area contributed by atoms with Crippen molar-refractivity contribution in [1.82, 2.24) is 0 Å². The maximum absolute atomic E-state index is 11.3. The highest BCUT2D eigenvalue weighted by Crippen LogP contribution is 2.23. The second-order valence-corrected chi connectivity index (χ2v) is 6.45. The zero-order chi connectivity index (χ0) is 15.4. The SMILES string of the molecule is COCCC(C)(O)CNc1cc(S(N)(=O)=O)ccc1N. The van der Waals surface area contributed by atoms with Crippen LogP contribution in [0.2, 0.25) is 0 Å². The van der Waals surface area contributed by atoms with Gasteiger partial charge in [-0.2, -0.15) is 0 Å². The lowest BCUT2D eigenvalue weighted by atomic mass is 10.0. The molecule has 20 heavy (non-hydrogen) atoms. The number of hydrogen-bond donors (Lipinski definition) is 4. The smallest absolute Gasteiger partial charge is 0.238 e. The fourth-order valence-corrected chi connectivity index (χ4v) is 2.10. The van der Waals surface area contributed by atoms with Crippen LogP contribution in [0.3, 0.4) is 0 Å². The van der Waals surface area contributed by atoms with Crippen LogP contribution in [0.1, 0.15) is 13.3 Å². The molecule has 0 saturated carbocycles. The molecular formula is C12H21N3O4S. The van der Waals surface area contributed by atoms with E-state index in [0.29, 0.717) is 24.4 Å². The van der Waals surface area contributed by atoms with Crippen LogP contribution >= 0.6 is 0 Å². The normalized spacial score (nSPS) is 14.8. The molecule has 8 heteroatoms. The van der Waals surface area contributed by atoms with Gasteiger partial charge >= 0.3 is 0 Å². The van der Waals surface area contributed by atoms with Crippen LogP contribution in [0.4, 0.5) is 11.4 Å². The molecule has 1 aromatic carbocycles. The topological polar surface area (TPSA) is 128 Å². The van der Waals surface area contributed by atoms with Gasteiger partial charge < -0.3 is 20.9 Å². The molecule has 0 aromatic heterocycles. The van der Waals surface area contributed by atoms with Gasteiger partial charge in [-0.1, -0.05) is 0 Å². The summed E-state index contributed by atoms with van der Waals surface area (Å²) in [5.74, 6) is 0. The van der Waals surface area contributed by atoms with Crippen molar-refractivity contribution in [3.63, 3.8) is 0 Å². The third kappa shape index (κ3) is 4.97. The Bertz CT molecular complexity index is 558. The molecule has 1 atom stereocenters. The zero-order valence-electron chi connectivity index (χ0n) is 11.6. The van der Waals surface area contributed by atoms with Gasteiger partial charge in [0, 0.05) is 26.7 Å². The first-order chi connectivity index (χ1) is 9.15. The number of anilines is 2. The summed E-state index contributed by atoms with van der Waals surface area (Å²) >= 11 is 0. The molecule has 0 spiro atoms. The molecule has 0 radical (unpaired) electrons. The minimum absolute atomic E-state index is 0.0364. The number of benzene rings is 1. The molecule has 1 aromatic rings. The van der Waals surface area contributed by atoms with E-state index in [4.69, 9.17) is 15.6 Å². The van der Waals surface area contributed by atoms with Crippen LogP contribution in [-0.4, -0.2) is 39.4 Å². The van der Waals surface area contributed by atoms with Crippen LogP contribution in [0, 0.1) is 0 Å². The fourth-order valence-electron chi connectivity index (χ4n) is 1.56. The standard InChI is InChI=1S/C12H21N3O4S/c1-12(16,5-6-19-2)8-15-11-7-9(20(14,17)18)3-4-10(11)13/h3-4,7,15-16H,5-6,8,13H2,1-2H3,(H2,14,17,18). The first-order valence-electron chi connectivity index (χ1n) is 6.03. The summed E-state index contributed by atoms with van der Waals surface area (Å²) in [4.78, 5) is -0.0364. The van der Waals surface area contributed by atoms with Crippen molar-refractivity contribution in [3.05, 3.63) is 18.2 Å². The van der Waals surface area contributed by atoms with Crippen LogP contribution < -0.4 is 16.2 Å². The Balaban J connectivity index is 2.82. The van der Waals surface area contributed by atoms with Crippen molar-refractivity contribution in [2.24, 2.45) is 5.14 Å². The number of nitrogen functional groups attached to an aromatic ring is 1. The predicted octanol–water partition coefficient (Wildman–Crippen LogP) is 0.116. The van der Waals surface area contributed by atoms with E-state index in [1.165, 1.54) is 18.2 Å². The van der Waals surface area contributed by atoms with Gasteiger partial charge in [0.1, 0.15) is 0 Å². The number of nitrogens with one attached hydrogen (secondary N) is 1. The van der Waals surface area contributed by atoms with Gasteiger partial charge in [0.2, 0.25) is 10.0 Å². The number of nitrogens with two attached hydrogens (primary N) is 2. The number of ether oxygens (including phenoxy) is 1. The molecule has 114 valence electrons. The zero-order valence-corrected chi connectivity index (χ0v) is 12.4. The minimum Gasteiger partial charge on any atom is -0.397 e. The summed E-state index contributed by atoms with van der Waals surface area (Å²) in [6, 6.07) is 4.13. The summed E-state index contributed by atoms with van der Waals surface area (Å²) in [7, 11) is -2.24. The van der Waals surface area contributed by atoms with E-state index in [2.05, 4.69) is 5.32 Å². The van der Waals surface area contributed by atoms with E-state index in [0.717, 1.165) is 0 Å². The van der Waals surface area contributed by atoms with Crippen LogP contribution in [0.15, 0.2) is 23.1 Å². The quantitative estimate of drug-likeness (QED) is 0.530. The van der Waals surface area contributed by atoms with Gasteiger partial charge in [0.15, 0.2) is 0 Å². The lowest BCUT2D eigenvalue weighted by molar-refractivity contribution is 0.0358. The van der Waals surface area contributed by atoms with E-state index in [-0.39, 0.29) is 11.4 Å². The second-order valence-electron chi connectivity index (χ2n) is 4.89. The Labute approximate surface area is 119 Å². The third-order valence-electron chi connectivity index (χ3n) is 2.86. The highest BCUT2D eigenvalue weighted by molar-refractivity contribution is 7.89. The molecule has 0 amide bonds. The maximum atomic E-state index is 11.3. The Kier molecular flexibility index (Phi) is 5.35. The van der Waals surface area contributed by atoms with Gasteiger partial charge in [0.05, 0.1) is 21.9 Å². The van der Waals surface area contributed by atoms with Crippen molar-refractivity contribution < 1.29 is 18.3 Å². The number of aliphatic hydroxyl groups is 1. The Morgan fingerprint density at radius 1 is 1.45 bits per heavy atom. The number of methoxy groups -OCH3 is 1. The van der Waals surface area contributed by atoms with Gasteiger partial charge in [-0.15, -0.1) is 0 Å². The summed E-state index contributed by atoms with van der Waals surface area (Å²) in [6.45, 7) is 2.27. The Hall–Kier alpha value is -1.35. The molecule has 0 heterocycles. The van der Waals surface area contributed by atoms with Crippen molar-refractivity contribution >= 4 is 21.4 Å². The van der Waals surface area contributed by atoms with Crippen LogP contribution in [-0.2, 0) is 14.8 Å². The molecular weight excluding hydrogens is 282 g/mol. The van der Waals surface area contributed by atoms with Gasteiger partial charge in [-0.3, -0.25) is 0 Å². The van der Waals surface area contributed by atoms with Crippen LogP contribution in [0.5, 0.6) is 0 Å². The highest BCUT2D eigenvalue weighted by atomic mass is 32.2. The highest BCUT2D eigenvalue weighted by Gasteiger charge is 2.20. The van der Waals surface area contributed by atoms with E-state index in [1.807, 2.05) is 0 Å². The number of rotatable bonds is 7. The van der Waals surface area contributed by atoms with Crippen molar-refractivity contribution in [2.75, 3.05) is 31.3 Å². The molecule has 0 bridgehead atoms. The Morgan fingerprint density at radius 3 is 2.65 bits per heavy atom. The molecule has 0 aliphatic heterocycles. The summed E-state index contributed by atoms with van der Waals surface area (Å²) in [6.07, 6.45) is 0.436. The van der Waals surface area contributed by atoms with Gasteiger partial charge in [0.25, 0.3) is 0 Å². The Morgan fingerprint density at radius 2 is 2.10 bits per heavy atom. The second kappa shape index (κ2) is 6.40. The molecule has 0 fully saturated rings. The lowest BCUT2D eigenvalue weighted by Crippen LogP contribution is -2.34. The molecule has 0 aliphatic rings. The van der Waals surface area contributed by atoms with E-state index < -0.39 is 15.6 Å². The van der Waals surface area contributed by atoms with E-state index in [9.17, 15) is 13.5 Å². The average Bonchev–Trinajstić information content (AvgIpc) is 2.34.